The van der Waals surface area contributed by atoms with Crippen LogP contribution < -0.4 is 21.3 Å². The molecule has 0 amide bonds. The van der Waals surface area contributed by atoms with Crippen LogP contribution >= 0.6 is 48.9 Å². The second-order valence-corrected chi connectivity index (χ2v) is 38.1. The van der Waals surface area contributed by atoms with Gasteiger partial charge < -0.3 is 121 Å². The van der Waals surface area contributed by atoms with Gasteiger partial charge in [-0.3, -0.25) is 0 Å². The summed E-state index contributed by atoms with van der Waals surface area (Å²) in [5.74, 6) is 4.35. The maximum absolute atomic E-state index is 4.83. The average molecular weight is 1690 g/mol. The number of rotatable bonds is 68. The Balaban J connectivity index is 0.00000137. The van der Waals surface area contributed by atoms with Crippen molar-refractivity contribution in [3.63, 3.8) is 0 Å². The first kappa shape index (κ1) is 106. The summed E-state index contributed by atoms with van der Waals surface area (Å²) in [6.45, 7) is 3.84. The number of unbranched alkanes of at least 4 members (excludes halogenated alkanes) is 52. The van der Waals surface area contributed by atoms with Crippen LogP contribution in [0.4, 0.5) is 0 Å². The Kier molecular flexibility index (Phi) is 90.0. The number of hydrogen-bond acceptors (Lipinski definition) is 8. The Morgan fingerprint density at radius 2 is 0.276 bits per heavy atom. The summed E-state index contributed by atoms with van der Waals surface area (Å²) in [4.78, 5) is 0. The summed E-state index contributed by atoms with van der Waals surface area (Å²) in [6.07, 6.45) is 116. The minimum atomic E-state index is 0. The van der Waals surface area contributed by atoms with Gasteiger partial charge >= 0.3 is 21.1 Å². The predicted molar refractivity (Wildman–Crippen MR) is 495 cm³/mol. The summed E-state index contributed by atoms with van der Waals surface area (Å²) in [6, 6.07) is 0. The van der Waals surface area contributed by atoms with Crippen molar-refractivity contribution in [1.29, 1.82) is 0 Å². The van der Waals surface area contributed by atoms with Gasteiger partial charge in [0, 0.05) is 26.2 Å². The molecule has 4 aliphatic rings. The summed E-state index contributed by atoms with van der Waals surface area (Å²) >= 11 is 38.6. The van der Waals surface area contributed by atoms with Gasteiger partial charge in [0.05, 0.1) is 0 Å². The van der Waals surface area contributed by atoms with E-state index in [1.807, 2.05) is 0 Å². The Labute approximate surface area is 716 Å². The van der Waals surface area contributed by atoms with Crippen LogP contribution in [0.25, 0.3) is 0 Å². The van der Waals surface area contributed by atoms with Gasteiger partial charge in [-0.15, -0.1) is 0 Å². The van der Waals surface area contributed by atoms with Gasteiger partial charge in [0.1, 0.15) is 0 Å². The number of hydrogen-bond donors (Lipinski definition) is 4. The van der Waals surface area contributed by atoms with Crippen molar-refractivity contribution >= 4 is 117 Å². The van der Waals surface area contributed by atoms with Crippen LogP contribution in [0.3, 0.4) is 0 Å². The fourth-order valence-corrected chi connectivity index (χ4v) is 18.2. The van der Waals surface area contributed by atoms with Crippen molar-refractivity contribution in [1.82, 2.24) is 21.3 Å². The molecule has 618 valence electrons. The summed E-state index contributed by atoms with van der Waals surface area (Å²) in [5, 5.41) is 12.2. The van der Waals surface area contributed by atoms with Crippen molar-refractivity contribution in [2.75, 3.05) is 26.2 Å². The monoisotopic (exact) mass is 1690 g/mol. The number of nitrogens with one attached hydrogen (secondary N) is 4. The van der Waals surface area contributed by atoms with E-state index >= 15 is 0 Å². The van der Waals surface area contributed by atoms with Crippen LogP contribution in [0.1, 0.15) is 514 Å². The smallest absolute Gasteiger partial charge is 0.412 e. The van der Waals surface area contributed by atoms with Crippen molar-refractivity contribution in [3.05, 3.63) is 0 Å². The topological polar surface area (TPSA) is 48.1 Å². The standard InChI is InChI=1S/4C23H45NS2.Mo/c4*25-23(26)24-21-17-12-10-8-6-4-2-1-3-5-7-9-11-14-18-22-19-15-13-16-20-22;/h4*22H,1-21H2,(H2,24,25,26);/q;;;;+4/p-4. The maximum atomic E-state index is 4.83. The largest absolute Gasteiger partial charge is 4.00 e. The van der Waals surface area contributed by atoms with Gasteiger partial charge in [0.15, 0.2) is 0 Å². The third-order valence-electron chi connectivity index (χ3n) is 24.1. The maximum Gasteiger partial charge on any atom is 4.00 e. The third kappa shape index (κ3) is 87.4. The van der Waals surface area contributed by atoms with Gasteiger partial charge in [-0.05, 0) is 49.4 Å². The SMILES string of the molecule is S=C([S-])NCCCCCCCCCCCCCCCCC1CCCCC1.S=C([S-])NCCCCCCCCCCCCCCCCC1CCCCC1.S=C([S-])NCCCCCCCCCCCCCCCCC1CCCCC1.S=C([S-])NCCCCCCCCCCCCCCCCC1CCCCC1.[Mo+4]. The Morgan fingerprint density at radius 1 is 0.171 bits per heavy atom. The first-order valence-electron chi connectivity index (χ1n) is 46.9. The van der Waals surface area contributed by atoms with Crippen LogP contribution in [0.2, 0.25) is 0 Å². The first-order valence-corrected chi connectivity index (χ1v) is 50.2. The Hall–Kier alpha value is 1.13. The normalized spacial score (nSPS) is 15.1. The van der Waals surface area contributed by atoms with Crippen molar-refractivity contribution in [2.24, 2.45) is 23.7 Å². The fraction of sp³-hybridized carbons (Fsp3) is 0.957. The molecule has 4 rings (SSSR count). The molecule has 4 aliphatic carbocycles. The quantitative estimate of drug-likeness (QED) is 0.0203. The van der Waals surface area contributed by atoms with Crippen LogP contribution in [0, 0.1) is 23.7 Å². The second-order valence-electron chi connectivity index (χ2n) is 33.8. The summed E-state index contributed by atoms with van der Waals surface area (Å²) in [7, 11) is 0. The van der Waals surface area contributed by atoms with E-state index < -0.39 is 0 Å². The molecule has 0 atom stereocenters. The molecule has 4 nitrogen and oxygen atoms in total. The molecule has 0 aromatic heterocycles. The zero-order valence-corrected chi connectivity index (χ0v) is 77.9. The molecule has 0 bridgehead atoms. The molecular formula is C92H176MoN4S8. The molecule has 4 fully saturated rings. The summed E-state index contributed by atoms with van der Waals surface area (Å²) in [5.41, 5.74) is 0. The van der Waals surface area contributed by atoms with E-state index in [0.717, 1.165) is 49.9 Å². The average Bonchev–Trinajstić information content (AvgIpc) is 1.33. The van der Waals surface area contributed by atoms with Gasteiger partial charge in [-0.25, -0.2) is 0 Å². The molecule has 0 unspecified atom stereocenters. The number of thiocarbonyl (C=S) groups is 4. The van der Waals surface area contributed by atoms with Crippen molar-refractivity contribution < 1.29 is 21.1 Å². The van der Waals surface area contributed by atoms with Gasteiger partial charge in [-0.1, -0.05) is 505 Å². The molecule has 0 aromatic rings. The van der Waals surface area contributed by atoms with Crippen molar-refractivity contribution in [2.45, 2.75) is 514 Å². The minimum Gasteiger partial charge on any atom is -0.412 e. The summed E-state index contributed by atoms with van der Waals surface area (Å²) < 4.78 is 2.07. The van der Waals surface area contributed by atoms with Crippen LogP contribution in [-0.2, 0) is 71.6 Å². The Morgan fingerprint density at radius 3 is 0.390 bits per heavy atom. The molecule has 0 spiro atoms. The van der Waals surface area contributed by atoms with Gasteiger partial charge in [-0.2, -0.15) is 0 Å². The molecule has 0 heterocycles. The van der Waals surface area contributed by atoms with E-state index in [1.165, 1.54) is 514 Å². The van der Waals surface area contributed by atoms with Crippen LogP contribution in [0.5, 0.6) is 0 Å². The van der Waals surface area contributed by atoms with E-state index in [4.69, 9.17) is 99.4 Å². The second kappa shape index (κ2) is 89.1. The molecule has 13 heteroatoms. The van der Waals surface area contributed by atoms with Gasteiger partial charge in [0.2, 0.25) is 0 Å². The van der Waals surface area contributed by atoms with E-state index in [2.05, 4.69) is 21.3 Å². The van der Waals surface area contributed by atoms with Crippen LogP contribution in [-0.4, -0.2) is 43.5 Å². The van der Waals surface area contributed by atoms with Gasteiger partial charge in [0.25, 0.3) is 0 Å². The third-order valence-corrected chi connectivity index (χ3v) is 25.3. The van der Waals surface area contributed by atoms with Crippen molar-refractivity contribution in [3.8, 4) is 0 Å². The Bertz CT molecular complexity index is 1510. The zero-order chi connectivity index (χ0) is 74.8. The van der Waals surface area contributed by atoms with Crippen LogP contribution in [0.15, 0.2) is 0 Å². The molecule has 0 aromatic carbocycles. The molecule has 105 heavy (non-hydrogen) atoms. The molecule has 0 saturated heterocycles. The van der Waals surface area contributed by atoms with E-state index in [1.54, 1.807) is 0 Å². The van der Waals surface area contributed by atoms with E-state index in [0.29, 0.717) is 17.3 Å². The molecule has 4 saturated carbocycles. The zero-order valence-electron chi connectivity index (χ0n) is 69.4. The molecule has 0 aliphatic heterocycles. The van der Waals surface area contributed by atoms with E-state index in [-0.39, 0.29) is 21.1 Å². The minimum absolute atomic E-state index is 0. The fourth-order valence-electron chi connectivity index (χ4n) is 17.4. The molecule has 4 N–H and O–H groups in total. The molecular weight excluding hydrogens is 1510 g/mol. The predicted octanol–water partition coefficient (Wildman–Crippen LogP) is 31.4. The first-order chi connectivity index (χ1) is 51.2. The molecule has 0 radical (unpaired) electrons. The van der Waals surface area contributed by atoms with E-state index in [9.17, 15) is 0 Å².